The molecule has 0 aliphatic carbocycles. The number of rotatable bonds is 8. The summed E-state index contributed by atoms with van der Waals surface area (Å²) in [5.41, 5.74) is 2.15. The predicted octanol–water partition coefficient (Wildman–Crippen LogP) is 8.15. The third-order valence-corrected chi connectivity index (χ3v) is 10.1. The molecule has 14 heteroatoms. The van der Waals surface area contributed by atoms with Crippen LogP contribution < -0.4 is 9.80 Å². The Morgan fingerprint density at radius 3 is 1.41 bits per heavy atom. The largest absolute Gasteiger partial charge is 0.426 e. The van der Waals surface area contributed by atoms with Gasteiger partial charge in [0, 0.05) is 47.4 Å². The summed E-state index contributed by atoms with van der Waals surface area (Å²) in [6.45, 7) is 2.78. The fraction of sp³-hybridized carbons (Fsp3) is 0.300. The number of anilines is 2. The van der Waals surface area contributed by atoms with Crippen LogP contribution in [0.4, 0.5) is 29.7 Å². The summed E-state index contributed by atoms with van der Waals surface area (Å²) >= 11 is 12.5. The molecule has 54 heavy (non-hydrogen) atoms. The van der Waals surface area contributed by atoms with Crippen molar-refractivity contribution in [2.75, 3.05) is 63.2 Å². The molecule has 0 unspecified atom stereocenters. The van der Waals surface area contributed by atoms with Gasteiger partial charge < -0.3 is 19.3 Å². The van der Waals surface area contributed by atoms with Gasteiger partial charge in [-0.1, -0.05) is 47.5 Å². The molecule has 2 heterocycles. The molecule has 2 saturated heterocycles. The van der Waals surface area contributed by atoms with Crippen LogP contribution in [0.25, 0.3) is 22.3 Å². The number of esters is 2. The van der Waals surface area contributed by atoms with E-state index in [1.165, 1.54) is 24.3 Å². The topological polar surface area (TPSA) is 99.7 Å². The van der Waals surface area contributed by atoms with Gasteiger partial charge in [-0.05, 0) is 124 Å². The maximum Gasteiger partial charge on any atom is 0.426 e. The molecular formula is C40H38Cl2F2N4O6. The van der Waals surface area contributed by atoms with E-state index in [0.29, 0.717) is 58.2 Å². The highest BCUT2D eigenvalue weighted by atomic mass is 35.5. The van der Waals surface area contributed by atoms with Gasteiger partial charge in [-0.2, -0.15) is 0 Å². The maximum absolute atomic E-state index is 14.8. The molecule has 6 rings (SSSR count). The third kappa shape index (κ3) is 9.43. The minimum Gasteiger partial charge on any atom is -0.367 e. The molecule has 10 nitrogen and oxygen atoms in total. The maximum atomic E-state index is 14.8. The SMILES string of the molecule is CN1CC[C@@H](CN(C(=O)OC(=O)C(=O)OC(=O)N(C[C@@H]2CCN(C)C2)c2cc(F)ccc2-c2cccc(Cl)c2)c2cc(F)ccc2-c2cccc(Cl)c2)C1. The van der Waals surface area contributed by atoms with Crippen LogP contribution in [0.2, 0.25) is 10.0 Å². The first-order valence-corrected chi connectivity index (χ1v) is 18.1. The Balaban J connectivity index is 1.26. The summed E-state index contributed by atoms with van der Waals surface area (Å²) in [6.07, 6.45) is -1.13. The fourth-order valence-electron chi connectivity index (χ4n) is 7.02. The Bertz CT molecular complexity index is 1920. The number of ether oxygens (including phenoxy) is 2. The van der Waals surface area contributed by atoms with Crippen molar-refractivity contribution in [3.63, 3.8) is 0 Å². The summed E-state index contributed by atoms with van der Waals surface area (Å²) < 4.78 is 39.7. The van der Waals surface area contributed by atoms with E-state index in [1.807, 2.05) is 14.1 Å². The van der Waals surface area contributed by atoms with Crippen molar-refractivity contribution in [2.24, 2.45) is 11.8 Å². The van der Waals surface area contributed by atoms with Crippen LogP contribution in [0.15, 0.2) is 84.9 Å². The zero-order chi connectivity index (χ0) is 38.5. The quantitative estimate of drug-likeness (QED) is 0.100. The van der Waals surface area contributed by atoms with Crippen LogP contribution in [0, 0.1) is 23.5 Å². The Labute approximate surface area is 321 Å². The van der Waals surface area contributed by atoms with E-state index in [2.05, 4.69) is 9.80 Å². The van der Waals surface area contributed by atoms with Gasteiger partial charge in [0.15, 0.2) is 0 Å². The lowest BCUT2D eigenvalue weighted by atomic mass is 10.0. The number of nitrogens with zero attached hydrogens (tertiary/aromatic N) is 4. The number of amides is 2. The van der Waals surface area contributed by atoms with Gasteiger partial charge >= 0.3 is 24.1 Å². The molecule has 282 valence electrons. The first-order chi connectivity index (χ1) is 25.8. The molecule has 2 aliphatic rings. The highest BCUT2D eigenvalue weighted by Crippen LogP contribution is 2.36. The van der Waals surface area contributed by atoms with Crippen molar-refractivity contribution in [3.8, 4) is 22.3 Å². The Morgan fingerprint density at radius 2 is 1.06 bits per heavy atom. The molecule has 2 aliphatic heterocycles. The third-order valence-electron chi connectivity index (χ3n) is 9.60. The van der Waals surface area contributed by atoms with E-state index in [1.54, 1.807) is 48.5 Å². The number of likely N-dealkylation sites (tertiary alicyclic amines) is 2. The lowest BCUT2D eigenvalue weighted by Crippen LogP contribution is -2.42. The van der Waals surface area contributed by atoms with Crippen molar-refractivity contribution < 1.29 is 37.4 Å². The number of carbonyl (C=O) groups is 4. The standard InChI is InChI=1S/C40H38Cl2F2N4O6/c1-45-15-13-25(21-45)23-47(35-19-31(43)9-11-33(35)27-5-3-7-29(41)17-27)39(51)53-37(49)38(50)54-40(52)48(24-26-14-16-46(2)22-26)36-20-32(44)10-12-34(36)28-6-4-8-30(42)18-28/h3-12,17-20,25-26H,13-16,21-24H2,1-2H3/t25-,26-/m1/s1. The summed E-state index contributed by atoms with van der Waals surface area (Å²) in [7, 11) is 3.85. The van der Waals surface area contributed by atoms with E-state index in [9.17, 15) is 28.0 Å². The molecule has 4 aromatic carbocycles. The van der Waals surface area contributed by atoms with Gasteiger partial charge in [0.2, 0.25) is 0 Å². The van der Waals surface area contributed by atoms with Crippen LogP contribution in [0.3, 0.4) is 0 Å². The summed E-state index contributed by atoms with van der Waals surface area (Å²) in [5.74, 6) is -5.00. The van der Waals surface area contributed by atoms with Gasteiger partial charge in [-0.3, -0.25) is 9.80 Å². The molecule has 0 saturated carbocycles. The number of carbonyl (C=O) groups excluding carboxylic acids is 4. The van der Waals surface area contributed by atoms with Crippen molar-refractivity contribution in [1.82, 2.24) is 9.80 Å². The highest BCUT2D eigenvalue weighted by Gasteiger charge is 2.35. The van der Waals surface area contributed by atoms with E-state index in [4.69, 9.17) is 32.7 Å². The van der Waals surface area contributed by atoms with Crippen LogP contribution in [-0.4, -0.2) is 87.3 Å². The van der Waals surface area contributed by atoms with Crippen LogP contribution in [0.5, 0.6) is 0 Å². The highest BCUT2D eigenvalue weighted by molar-refractivity contribution is 6.34. The molecule has 0 aromatic heterocycles. The van der Waals surface area contributed by atoms with Gasteiger partial charge in [0.05, 0.1) is 11.4 Å². The fourth-order valence-corrected chi connectivity index (χ4v) is 7.40. The van der Waals surface area contributed by atoms with Crippen molar-refractivity contribution in [3.05, 3.63) is 107 Å². The molecular weight excluding hydrogens is 741 g/mol. The summed E-state index contributed by atoms with van der Waals surface area (Å²) in [4.78, 5) is 60.4. The van der Waals surface area contributed by atoms with Gasteiger partial charge in [-0.15, -0.1) is 0 Å². The summed E-state index contributed by atoms with van der Waals surface area (Å²) in [6, 6.07) is 21.2. The number of hydrogen-bond acceptors (Lipinski definition) is 8. The lowest BCUT2D eigenvalue weighted by Gasteiger charge is -2.27. The molecule has 4 aromatic rings. The number of halogens is 4. The zero-order valence-electron chi connectivity index (χ0n) is 29.6. The minimum absolute atomic E-state index is 0.0247. The van der Waals surface area contributed by atoms with Gasteiger partial charge in [0.25, 0.3) is 0 Å². The predicted molar refractivity (Wildman–Crippen MR) is 203 cm³/mol. The Hall–Kier alpha value is -4.88. The van der Waals surface area contributed by atoms with Crippen molar-refractivity contribution in [1.29, 1.82) is 0 Å². The van der Waals surface area contributed by atoms with E-state index in [-0.39, 0.29) is 36.3 Å². The van der Waals surface area contributed by atoms with Gasteiger partial charge in [0.1, 0.15) is 11.6 Å². The average molecular weight is 780 g/mol. The average Bonchev–Trinajstić information content (AvgIpc) is 3.75. The molecule has 0 radical (unpaired) electrons. The van der Waals surface area contributed by atoms with E-state index < -0.39 is 35.8 Å². The molecule has 0 spiro atoms. The normalized spacial score (nSPS) is 17.3. The summed E-state index contributed by atoms with van der Waals surface area (Å²) in [5, 5.41) is 0.813. The first kappa shape index (κ1) is 38.8. The smallest absolute Gasteiger partial charge is 0.367 e. The molecule has 2 atom stereocenters. The number of hydrogen-bond donors (Lipinski definition) is 0. The second-order valence-corrected chi connectivity index (χ2v) is 14.6. The lowest BCUT2D eigenvalue weighted by molar-refractivity contribution is -0.159. The molecule has 2 amide bonds. The minimum atomic E-state index is -1.77. The van der Waals surface area contributed by atoms with Gasteiger partial charge in [-0.25, -0.2) is 28.0 Å². The monoisotopic (exact) mass is 778 g/mol. The molecule has 2 fully saturated rings. The van der Waals surface area contributed by atoms with Crippen LogP contribution in [-0.2, 0) is 19.1 Å². The second kappa shape index (κ2) is 17.1. The first-order valence-electron chi connectivity index (χ1n) is 17.4. The van der Waals surface area contributed by atoms with Crippen molar-refractivity contribution >= 4 is 58.7 Å². The Morgan fingerprint density at radius 1 is 0.648 bits per heavy atom. The van der Waals surface area contributed by atoms with E-state index in [0.717, 1.165) is 35.0 Å². The zero-order valence-corrected chi connectivity index (χ0v) is 31.2. The Kier molecular flexibility index (Phi) is 12.3. The second-order valence-electron chi connectivity index (χ2n) is 13.7. The molecule has 0 N–H and O–H groups in total. The van der Waals surface area contributed by atoms with E-state index >= 15 is 0 Å². The van der Waals surface area contributed by atoms with Crippen LogP contribution in [0.1, 0.15) is 12.8 Å². The number of benzene rings is 4. The van der Waals surface area contributed by atoms with Crippen molar-refractivity contribution in [2.45, 2.75) is 12.8 Å². The molecule has 0 bridgehead atoms. The van der Waals surface area contributed by atoms with Crippen LogP contribution >= 0.6 is 23.2 Å².